The average Bonchev–Trinajstić information content (AvgIpc) is 3.27. The molecule has 1 aliphatic rings. The highest BCUT2D eigenvalue weighted by atomic mass is 35.5. The lowest BCUT2D eigenvalue weighted by molar-refractivity contribution is -0.115. The largest absolute Gasteiger partial charge is 0.308 e. The van der Waals surface area contributed by atoms with Gasteiger partial charge in [-0.15, -0.1) is 11.3 Å². The van der Waals surface area contributed by atoms with Crippen LogP contribution < -0.4 is 10.9 Å². The molecule has 1 atom stereocenters. The maximum Gasteiger partial charge on any atom is 0.263 e. The molecule has 0 radical (unpaired) electrons. The van der Waals surface area contributed by atoms with Gasteiger partial charge in [0, 0.05) is 17.6 Å². The molecule has 10 heteroatoms. The van der Waals surface area contributed by atoms with Crippen molar-refractivity contribution in [3.63, 3.8) is 0 Å². The molecule has 3 aromatic heterocycles. The summed E-state index contributed by atoms with van der Waals surface area (Å²) in [6, 6.07) is 1.52. The van der Waals surface area contributed by atoms with E-state index in [1.54, 1.807) is 22.8 Å². The van der Waals surface area contributed by atoms with Gasteiger partial charge in [-0.05, 0) is 44.2 Å². The molecule has 1 unspecified atom stereocenters. The summed E-state index contributed by atoms with van der Waals surface area (Å²) in [5, 5.41) is 4.20. The van der Waals surface area contributed by atoms with Crippen molar-refractivity contribution in [2.75, 3.05) is 5.32 Å². The second kappa shape index (κ2) is 8.86. The van der Waals surface area contributed by atoms with E-state index in [0.717, 1.165) is 35.9 Å². The molecule has 0 spiro atoms. The minimum Gasteiger partial charge on any atom is -0.308 e. The normalized spacial score (nSPS) is 14.1. The van der Waals surface area contributed by atoms with E-state index >= 15 is 0 Å². The number of aryl methyl sites for hydroxylation is 2. The zero-order valence-electron chi connectivity index (χ0n) is 16.5. The zero-order chi connectivity index (χ0) is 21.4. The summed E-state index contributed by atoms with van der Waals surface area (Å²) >= 11 is 14.8. The predicted octanol–water partition coefficient (Wildman–Crippen LogP) is 5.18. The van der Waals surface area contributed by atoms with Gasteiger partial charge < -0.3 is 5.32 Å². The van der Waals surface area contributed by atoms with Crippen LogP contribution in [0.4, 0.5) is 5.82 Å². The predicted molar refractivity (Wildman–Crippen MR) is 124 cm³/mol. The fourth-order valence-electron chi connectivity index (χ4n) is 3.51. The molecule has 0 aliphatic heterocycles. The van der Waals surface area contributed by atoms with Crippen molar-refractivity contribution in [2.24, 2.45) is 0 Å². The molecule has 1 amide bonds. The SMILES string of the molecule is CCCn1c(SC(C)C(=O)Nc2ncc(Cl)cc2Cl)nc2sc3c(c2c1=O)CCC3. The Morgan fingerprint density at radius 3 is 2.93 bits per heavy atom. The van der Waals surface area contributed by atoms with Crippen molar-refractivity contribution in [1.29, 1.82) is 0 Å². The number of hydrogen-bond acceptors (Lipinski definition) is 6. The van der Waals surface area contributed by atoms with Gasteiger partial charge in [0.05, 0.1) is 20.7 Å². The summed E-state index contributed by atoms with van der Waals surface area (Å²) in [5.41, 5.74) is 1.17. The molecular formula is C20H20Cl2N4O2S2. The number of carbonyl (C=O) groups is 1. The van der Waals surface area contributed by atoms with Gasteiger partial charge in [0.1, 0.15) is 4.83 Å². The molecule has 3 aromatic rings. The molecule has 6 nitrogen and oxygen atoms in total. The van der Waals surface area contributed by atoms with E-state index in [2.05, 4.69) is 10.3 Å². The molecule has 30 heavy (non-hydrogen) atoms. The minimum absolute atomic E-state index is 0.00114. The number of nitrogens with one attached hydrogen (secondary N) is 1. The average molecular weight is 483 g/mol. The smallest absolute Gasteiger partial charge is 0.263 e. The minimum atomic E-state index is -0.502. The molecule has 158 valence electrons. The lowest BCUT2D eigenvalue weighted by atomic mass is 10.2. The van der Waals surface area contributed by atoms with Crippen LogP contribution in [0, 0.1) is 0 Å². The third-order valence-corrected chi connectivity index (χ3v) is 7.71. The molecular weight excluding hydrogens is 463 g/mol. The first kappa shape index (κ1) is 21.6. The lowest BCUT2D eigenvalue weighted by Crippen LogP contribution is -2.27. The molecule has 0 saturated carbocycles. The van der Waals surface area contributed by atoms with Crippen molar-refractivity contribution in [2.45, 2.75) is 56.5 Å². The molecule has 3 heterocycles. The number of thioether (sulfide) groups is 1. The quantitative estimate of drug-likeness (QED) is 0.386. The van der Waals surface area contributed by atoms with Crippen LogP contribution in [0.2, 0.25) is 10.0 Å². The van der Waals surface area contributed by atoms with Crippen LogP contribution in [0.1, 0.15) is 37.1 Å². The van der Waals surface area contributed by atoms with Gasteiger partial charge in [-0.3, -0.25) is 14.2 Å². The van der Waals surface area contributed by atoms with Crippen LogP contribution in [0.15, 0.2) is 22.2 Å². The maximum atomic E-state index is 13.3. The first-order chi connectivity index (χ1) is 14.4. The molecule has 4 rings (SSSR count). The summed E-state index contributed by atoms with van der Waals surface area (Å²) in [5.74, 6) is -0.0228. The first-order valence-electron chi connectivity index (χ1n) is 9.72. The Hall–Kier alpha value is -1.61. The van der Waals surface area contributed by atoms with Crippen molar-refractivity contribution in [3.05, 3.63) is 43.1 Å². The second-order valence-electron chi connectivity index (χ2n) is 7.12. The Morgan fingerprint density at radius 1 is 1.40 bits per heavy atom. The summed E-state index contributed by atoms with van der Waals surface area (Å²) in [7, 11) is 0. The number of halogens is 2. The Balaban J connectivity index is 1.63. The van der Waals surface area contributed by atoms with E-state index in [0.29, 0.717) is 16.7 Å². The number of anilines is 1. The van der Waals surface area contributed by atoms with E-state index in [-0.39, 0.29) is 22.3 Å². The van der Waals surface area contributed by atoms with Gasteiger partial charge in [-0.1, -0.05) is 41.9 Å². The van der Waals surface area contributed by atoms with Gasteiger partial charge in [-0.2, -0.15) is 0 Å². The van der Waals surface area contributed by atoms with Crippen molar-refractivity contribution in [3.8, 4) is 0 Å². The number of aromatic nitrogens is 3. The molecule has 1 aliphatic carbocycles. The molecule has 1 N–H and O–H groups in total. The first-order valence-corrected chi connectivity index (χ1v) is 12.2. The highest BCUT2D eigenvalue weighted by Gasteiger charge is 2.25. The fraction of sp³-hybridized carbons (Fsp3) is 0.400. The number of nitrogens with zero attached hydrogens (tertiary/aromatic N) is 3. The standard InChI is InChI=1S/C20H20Cl2N4O2S2/c1-3-7-26-19(28)15-12-5-4-6-14(12)30-18(15)25-20(26)29-10(2)17(27)24-16-13(22)8-11(21)9-23-16/h8-10H,3-7H2,1-2H3,(H,23,24,27). The Kier molecular flexibility index (Phi) is 6.39. The van der Waals surface area contributed by atoms with Gasteiger partial charge >= 0.3 is 0 Å². The zero-order valence-corrected chi connectivity index (χ0v) is 19.6. The molecule has 0 saturated heterocycles. The Morgan fingerprint density at radius 2 is 2.20 bits per heavy atom. The Bertz CT molecular complexity index is 1190. The summed E-state index contributed by atoms with van der Waals surface area (Å²) in [4.78, 5) is 36.9. The number of carbonyl (C=O) groups excluding carboxylic acids is 1. The van der Waals surface area contributed by atoms with Gasteiger partial charge in [0.25, 0.3) is 5.56 Å². The second-order valence-corrected chi connectivity index (χ2v) is 10.4. The van der Waals surface area contributed by atoms with Gasteiger partial charge in [-0.25, -0.2) is 9.97 Å². The lowest BCUT2D eigenvalue weighted by Gasteiger charge is -2.15. The summed E-state index contributed by atoms with van der Waals surface area (Å²) in [6.45, 7) is 4.35. The number of amides is 1. The molecule has 0 fully saturated rings. The number of pyridine rings is 1. The van der Waals surface area contributed by atoms with E-state index in [9.17, 15) is 9.59 Å². The van der Waals surface area contributed by atoms with Gasteiger partial charge in [0.15, 0.2) is 11.0 Å². The third-order valence-electron chi connectivity index (χ3n) is 4.94. The number of fused-ring (bicyclic) bond motifs is 3. The summed E-state index contributed by atoms with van der Waals surface area (Å²) < 4.78 is 1.70. The van der Waals surface area contributed by atoms with Crippen molar-refractivity contribution < 1.29 is 4.79 Å². The van der Waals surface area contributed by atoms with Crippen LogP contribution in [-0.2, 0) is 24.2 Å². The highest BCUT2D eigenvalue weighted by molar-refractivity contribution is 8.00. The van der Waals surface area contributed by atoms with Crippen LogP contribution >= 0.6 is 46.3 Å². The number of rotatable bonds is 6. The topological polar surface area (TPSA) is 76.9 Å². The van der Waals surface area contributed by atoms with Gasteiger partial charge in [0.2, 0.25) is 5.91 Å². The number of hydrogen-bond donors (Lipinski definition) is 1. The molecule has 0 aromatic carbocycles. The monoisotopic (exact) mass is 482 g/mol. The van der Waals surface area contributed by atoms with Crippen molar-refractivity contribution >= 4 is 68.2 Å². The highest BCUT2D eigenvalue weighted by Crippen LogP contribution is 2.36. The van der Waals surface area contributed by atoms with Crippen LogP contribution in [0.5, 0.6) is 0 Å². The van der Waals surface area contributed by atoms with E-state index in [4.69, 9.17) is 28.2 Å². The fourth-order valence-corrected chi connectivity index (χ4v) is 6.17. The van der Waals surface area contributed by atoms with E-state index in [1.165, 1.54) is 34.5 Å². The van der Waals surface area contributed by atoms with E-state index in [1.807, 2.05) is 6.92 Å². The van der Waals surface area contributed by atoms with E-state index < -0.39 is 5.25 Å². The van der Waals surface area contributed by atoms with Crippen LogP contribution in [0.25, 0.3) is 10.2 Å². The summed E-state index contributed by atoms with van der Waals surface area (Å²) in [6.07, 6.45) is 5.28. The molecule has 0 bridgehead atoms. The third kappa shape index (κ3) is 4.10. The Labute approximate surface area is 192 Å². The van der Waals surface area contributed by atoms with Crippen LogP contribution in [-0.4, -0.2) is 25.7 Å². The van der Waals surface area contributed by atoms with Crippen LogP contribution in [0.3, 0.4) is 0 Å². The number of thiophene rings is 1. The maximum absolute atomic E-state index is 13.3. The van der Waals surface area contributed by atoms with Crippen molar-refractivity contribution in [1.82, 2.24) is 14.5 Å².